The fourth-order valence-electron chi connectivity index (χ4n) is 4.53. The van der Waals surface area contributed by atoms with Crippen LogP contribution in [0.15, 0.2) is 47.4 Å². The summed E-state index contributed by atoms with van der Waals surface area (Å²) in [6, 6.07) is 12.2. The van der Waals surface area contributed by atoms with Gasteiger partial charge in [-0.3, -0.25) is 9.10 Å². The Hall–Kier alpha value is -2.74. The van der Waals surface area contributed by atoms with Gasteiger partial charge in [-0.25, -0.2) is 8.42 Å². The fourth-order valence-corrected chi connectivity index (χ4v) is 6.08. The zero-order chi connectivity index (χ0) is 21.4. The molecular weight excluding hydrogens is 416 g/mol. The van der Waals surface area contributed by atoms with Gasteiger partial charge in [0.1, 0.15) is 6.61 Å². The highest BCUT2D eigenvalue weighted by Crippen LogP contribution is 2.37. The standard InChI is InChI=1S/C23H26N2O5S/c26-23(24-12-4-1-5-13-24)22-16-29-21-15-18(10-11-20(21)30-22)31(27,28)25-14-6-8-17-7-2-3-9-19(17)25/h2-3,7,9-11,15,22H,1,4-6,8,12-14,16H2/t22-/m1/s1. The molecule has 1 amide bonds. The summed E-state index contributed by atoms with van der Waals surface area (Å²) in [4.78, 5) is 14.7. The van der Waals surface area contributed by atoms with Gasteiger partial charge in [-0.1, -0.05) is 18.2 Å². The number of anilines is 1. The van der Waals surface area contributed by atoms with Crippen LogP contribution < -0.4 is 13.8 Å². The molecule has 0 N–H and O–H groups in total. The first-order valence-electron chi connectivity index (χ1n) is 10.9. The van der Waals surface area contributed by atoms with E-state index in [0.29, 0.717) is 18.0 Å². The number of benzene rings is 2. The van der Waals surface area contributed by atoms with Gasteiger partial charge in [0.25, 0.3) is 15.9 Å². The van der Waals surface area contributed by atoms with Crippen LogP contribution in [0.25, 0.3) is 0 Å². The molecule has 2 aromatic carbocycles. The molecule has 31 heavy (non-hydrogen) atoms. The van der Waals surface area contributed by atoms with E-state index in [1.807, 2.05) is 29.2 Å². The highest BCUT2D eigenvalue weighted by Gasteiger charge is 2.34. The first-order valence-corrected chi connectivity index (χ1v) is 12.3. The molecule has 0 bridgehead atoms. The number of aryl methyl sites for hydroxylation is 1. The molecular formula is C23H26N2O5S. The largest absolute Gasteiger partial charge is 0.485 e. The number of nitrogens with zero attached hydrogens (tertiary/aromatic N) is 2. The molecule has 7 nitrogen and oxygen atoms in total. The second-order valence-electron chi connectivity index (χ2n) is 8.22. The Kier molecular flexibility index (Phi) is 5.25. The highest BCUT2D eigenvalue weighted by molar-refractivity contribution is 7.92. The number of hydrogen-bond donors (Lipinski definition) is 0. The average Bonchev–Trinajstić information content (AvgIpc) is 2.83. The van der Waals surface area contributed by atoms with Crippen molar-refractivity contribution in [3.63, 3.8) is 0 Å². The Labute approximate surface area is 182 Å². The molecule has 1 saturated heterocycles. The van der Waals surface area contributed by atoms with E-state index < -0.39 is 16.1 Å². The van der Waals surface area contributed by atoms with E-state index in [4.69, 9.17) is 9.47 Å². The van der Waals surface area contributed by atoms with E-state index >= 15 is 0 Å². The lowest BCUT2D eigenvalue weighted by atomic mass is 10.0. The second kappa shape index (κ2) is 8.07. The summed E-state index contributed by atoms with van der Waals surface area (Å²) in [7, 11) is -3.73. The molecule has 3 aliphatic rings. The van der Waals surface area contributed by atoms with Crippen LogP contribution in [-0.4, -0.2) is 51.6 Å². The van der Waals surface area contributed by atoms with E-state index in [-0.39, 0.29) is 17.4 Å². The molecule has 0 aliphatic carbocycles. The maximum absolute atomic E-state index is 13.4. The minimum atomic E-state index is -3.73. The molecule has 3 heterocycles. The van der Waals surface area contributed by atoms with Crippen LogP contribution in [-0.2, 0) is 21.2 Å². The van der Waals surface area contributed by atoms with Gasteiger partial charge in [0.05, 0.1) is 10.6 Å². The molecule has 8 heteroatoms. The minimum absolute atomic E-state index is 0.0630. The van der Waals surface area contributed by atoms with Crippen LogP contribution >= 0.6 is 0 Å². The second-order valence-corrected chi connectivity index (χ2v) is 10.1. The van der Waals surface area contributed by atoms with Crippen molar-refractivity contribution in [1.29, 1.82) is 0 Å². The molecule has 164 valence electrons. The molecule has 0 radical (unpaired) electrons. The van der Waals surface area contributed by atoms with Crippen LogP contribution in [0.4, 0.5) is 5.69 Å². The molecule has 1 atom stereocenters. The van der Waals surface area contributed by atoms with Gasteiger partial charge < -0.3 is 14.4 Å². The lowest BCUT2D eigenvalue weighted by molar-refractivity contribution is -0.142. The number of rotatable bonds is 3. The normalized spacial score (nSPS) is 20.8. The Morgan fingerprint density at radius 2 is 1.74 bits per heavy atom. The van der Waals surface area contributed by atoms with Crippen molar-refractivity contribution in [2.24, 2.45) is 0 Å². The predicted molar refractivity (Wildman–Crippen MR) is 116 cm³/mol. The Balaban J connectivity index is 1.37. The van der Waals surface area contributed by atoms with E-state index in [1.54, 1.807) is 6.07 Å². The molecule has 0 saturated carbocycles. The number of carbonyl (C=O) groups excluding carboxylic acids is 1. The lowest BCUT2D eigenvalue weighted by Gasteiger charge is -2.33. The summed E-state index contributed by atoms with van der Waals surface area (Å²) < 4.78 is 39.9. The Bertz CT molecular complexity index is 1090. The van der Waals surface area contributed by atoms with E-state index in [1.165, 1.54) is 16.4 Å². The number of ether oxygens (including phenoxy) is 2. The maximum Gasteiger partial charge on any atom is 0.267 e. The molecule has 1 fully saturated rings. The van der Waals surface area contributed by atoms with Gasteiger partial charge in [0.2, 0.25) is 6.10 Å². The third kappa shape index (κ3) is 3.73. The molecule has 5 rings (SSSR count). The molecule has 3 aliphatic heterocycles. The maximum atomic E-state index is 13.4. The molecule has 0 unspecified atom stereocenters. The van der Waals surface area contributed by atoms with Crippen molar-refractivity contribution >= 4 is 21.6 Å². The highest BCUT2D eigenvalue weighted by atomic mass is 32.2. The van der Waals surface area contributed by atoms with E-state index in [0.717, 1.165) is 56.4 Å². The first-order chi connectivity index (χ1) is 15.0. The number of amides is 1. The van der Waals surface area contributed by atoms with Crippen molar-refractivity contribution in [2.45, 2.75) is 43.1 Å². The zero-order valence-corrected chi connectivity index (χ0v) is 18.1. The monoisotopic (exact) mass is 442 g/mol. The van der Waals surface area contributed by atoms with Crippen molar-refractivity contribution in [3.8, 4) is 11.5 Å². The van der Waals surface area contributed by atoms with Gasteiger partial charge >= 0.3 is 0 Å². The average molecular weight is 443 g/mol. The van der Waals surface area contributed by atoms with Crippen LogP contribution in [0.5, 0.6) is 11.5 Å². The summed E-state index contributed by atoms with van der Waals surface area (Å²) in [5.74, 6) is 0.695. The number of likely N-dealkylation sites (tertiary alicyclic amines) is 1. The summed E-state index contributed by atoms with van der Waals surface area (Å²) >= 11 is 0. The van der Waals surface area contributed by atoms with Crippen molar-refractivity contribution in [1.82, 2.24) is 4.90 Å². The third-order valence-corrected chi connectivity index (χ3v) is 7.98. The number of hydrogen-bond acceptors (Lipinski definition) is 5. The van der Waals surface area contributed by atoms with Crippen molar-refractivity contribution in [2.75, 3.05) is 30.5 Å². The summed E-state index contributed by atoms with van der Waals surface area (Å²) in [5.41, 5.74) is 1.77. The molecule has 0 spiro atoms. The van der Waals surface area contributed by atoms with Gasteiger partial charge in [-0.15, -0.1) is 0 Å². The third-order valence-electron chi connectivity index (χ3n) is 6.17. The quantitative estimate of drug-likeness (QED) is 0.731. The number of carbonyl (C=O) groups is 1. The van der Waals surface area contributed by atoms with Gasteiger partial charge in [-0.2, -0.15) is 0 Å². The Morgan fingerprint density at radius 1 is 0.935 bits per heavy atom. The van der Waals surface area contributed by atoms with Crippen LogP contribution in [0.2, 0.25) is 0 Å². The lowest BCUT2D eigenvalue weighted by Crippen LogP contribution is -2.48. The number of piperidine rings is 1. The fraction of sp³-hybridized carbons (Fsp3) is 0.435. The van der Waals surface area contributed by atoms with Gasteiger partial charge in [0.15, 0.2) is 11.5 Å². The van der Waals surface area contributed by atoms with E-state index in [9.17, 15) is 13.2 Å². The Morgan fingerprint density at radius 3 is 2.58 bits per heavy atom. The molecule has 0 aromatic heterocycles. The van der Waals surface area contributed by atoms with Crippen LogP contribution in [0.3, 0.4) is 0 Å². The van der Waals surface area contributed by atoms with Gasteiger partial charge in [-0.05, 0) is 55.9 Å². The zero-order valence-electron chi connectivity index (χ0n) is 17.3. The summed E-state index contributed by atoms with van der Waals surface area (Å²) in [5, 5.41) is 0. The van der Waals surface area contributed by atoms with Gasteiger partial charge in [0, 0.05) is 25.7 Å². The number of sulfonamides is 1. The minimum Gasteiger partial charge on any atom is -0.485 e. The van der Waals surface area contributed by atoms with Crippen LogP contribution in [0.1, 0.15) is 31.2 Å². The smallest absolute Gasteiger partial charge is 0.267 e. The SMILES string of the molecule is O=C([C@H]1COc2cc(S(=O)(=O)N3CCCc4ccccc43)ccc2O1)N1CCCCC1. The number of fused-ring (bicyclic) bond motifs is 2. The summed E-state index contributed by atoms with van der Waals surface area (Å²) in [6.45, 7) is 2.03. The summed E-state index contributed by atoms with van der Waals surface area (Å²) in [6.07, 6.45) is 4.12. The predicted octanol–water partition coefficient (Wildman–Crippen LogP) is 2.98. The van der Waals surface area contributed by atoms with Crippen molar-refractivity contribution < 1.29 is 22.7 Å². The van der Waals surface area contributed by atoms with Crippen molar-refractivity contribution in [3.05, 3.63) is 48.0 Å². The molecule has 2 aromatic rings. The van der Waals surface area contributed by atoms with Crippen LogP contribution in [0, 0.1) is 0 Å². The number of para-hydroxylation sites is 1. The topological polar surface area (TPSA) is 76.2 Å². The van der Waals surface area contributed by atoms with E-state index in [2.05, 4.69) is 0 Å². The first kappa shape index (κ1) is 20.2.